The largest absolute Gasteiger partial charge is 0.493 e. The van der Waals surface area contributed by atoms with E-state index in [1.165, 1.54) is 42.3 Å². The second-order valence-electron chi connectivity index (χ2n) is 9.38. The summed E-state index contributed by atoms with van der Waals surface area (Å²) in [5.41, 5.74) is 2.31. The lowest BCUT2D eigenvalue weighted by atomic mass is 9.95. The molecule has 0 fully saturated rings. The third-order valence-electron chi connectivity index (χ3n) is 6.83. The molecular formula is C30H27N3O8S. The minimum Gasteiger partial charge on any atom is -0.493 e. The number of methoxy groups -OCH3 is 2. The number of allylic oxidation sites excluding steroid dienone is 1. The average Bonchev–Trinajstić information content (AvgIpc) is 3.55. The standard InChI is InChI=1S/C30H27N3O8S/c1-6-40-29(35)26-17(3)31-30-32(27(26)18-7-11-23(38-4)24(14-18)39-5)28(34)25(42-30)15-20-9-12-22(41-20)21-10-8-19(33(36)37)13-16(21)2/h7-15,27H,6H2,1-5H3. The normalized spacial score (nSPS) is 14.8. The maximum absolute atomic E-state index is 13.9. The van der Waals surface area contributed by atoms with Crippen molar-refractivity contribution in [2.45, 2.75) is 26.8 Å². The van der Waals surface area contributed by atoms with Crippen LogP contribution in [-0.2, 0) is 9.53 Å². The number of nitrogens with zero attached hydrogens (tertiary/aromatic N) is 3. The van der Waals surface area contributed by atoms with Gasteiger partial charge >= 0.3 is 5.97 Å². The van der Waals surface area contributed by atoms with Crippen LogP contribution in [0.3, 0.4) is 0 Å². The second-order valence-corrected chi connectivity index (χ2v) is 10.4. The summed E-state index contributed by atoms with van der Waals surface area (Å²) in [5, 5.41) is 11.1. The molecule has 11 nitrogen and oxygen atoms in total. The SMILES string of the molecule is CCOC(=O)C1=C(C)N=c2sc(=Cc3ccc(-c4ccc([N+](=O)[O-])cc4C)o3)c(=O)n2C1c1ccc(OC)c(OC)c1. The van der Waals surface area contributed by atoms with Crippen molar-refractivity contribution in [2.75, 3.05) is 20.8 Å². The molecule has 0 aliphatic carbocycles. The van der Waals surface area contributed by atoms with Gasteiger partial charge in [0.2, 0.25) is 0 Å². The van der Waals surface area contributed by atoms with Crippen LogP contribution in [0, 0.1) is 17.0 Å². The zero-order chi connectivity index (χ0) is 30.1. The molecule has 0 N–H and O–H groups in total. The number of aryl methyl sites for hydroxylation is 1. The van der Waals surface area contributed by atoms with Gasteiger partial charge < -0.3 is 18.6 Å². The number of hydrogen-bond donors (Lipinski definition) is 0. The summed E-state index contributed by atoms with van der Waals surface area (Å²) in [4.78, 5) is 42.7. The molecule has 1 atom stereocenters. The van der Waals surface area contributed by atoms with Crippen molar-refractivity contribution in [3.8, 4) is 22.8 Å². The van der Waals surface area contributed by atoms with Crippen LogP contribution in [0.5, 0.6) is 11.5 Å². The smallest absolute Gasteiger partial charge is 0.338 e. The molecule has 2 aromatic carbocycles. The third kappa shape index (κ3) is 5.12. The van der Waals surface area contributed by atoms with E-state index in [1.807, 2.05) is 0 Å². The molecule has 1 unspecified atom stereocenters. The van der Waals surface area contributed by atoms with Gasteiger partial charge in [-0.2, -0.15) is 0 Å². The van der Waals surface area contributed by atoms with E-state index in [0.29, 0.717) is 54.7 Å². The van der Waals surface area contributed by atoms with E-state index < -0.39 is 16.9 Å². The minimum atomic E-state index is -0.822. The van der Waals surface area contributed by atoms with Crippen LogP contribution in [0.2, 0.25) is 0 Å². The number of nitro benzene ring substituents is 1. The zero-order valence-corrected chi connectivity index (χ0v) is 24.3. The molecule has 0 radical (unpaired) electrons. The molecule has 42 heavy (non-hydrogen) atoms. The second kappa shape index (κ2) is 11.5. The highest BCUT2D eigenvalue weighted by atomic mass is 32.1. The molecule has 0 bridgehead atoms. The van der Waals surface area contributed by atoms with Crippen LogP contribution in [0.25, 0.3) is 17.4 Å². The van der Waals surface area contributed by atoms with Gasteiger partial charge in [0, 0.05) is 23.8 Å². The zero-order valence-electron chi connectivity index (χ0n) is 23.5. The van der Waals surface area contributed by atoms with Crippen molar-refractivity contribution in [1.29, 1.82) is 0 Å². The van der Waals surface area contributed by atoms with Crippen molar-refractivity contribution < 1.29 is 28.3 Å². The lowest BCUT2D eigenvalue weighted by Crippen LogP contribution is -2.39. The summed E-state index contributed by atoms with van der Waals surface area (Å²) < 4.78 is 24.0. The minimum absolute atomic E-state index is 0.00865. The van der Waals surface area contributed by atoms with Crippen molar-refractivity contribution in [2.24, 2.45) is 4.99 Å². The number of rotatable bonds is 8. The van der Waals surface area contributed by atoms with E-state index in [0.717, 1.165) is 0 Å². The number of esters is 1. The first-order valence-corrected chi connectivity index (χ1v) is 13.7. The van der Waals surface area contributed by atoms with E-state index in [-0.39, 0.29) is 23.4 Å². The summed E-state index contributed by atoms with van der Waals surface area (Å²) >= 11 is 1.17. The highest BCUT2D eigenvalue weighted by Crippen LogP contribution is 2.36. The van der Waals surface area contributed by atoms with Crippen LogP contribution < -0.4 is 24.4 Å². The van der Waals surface area contributed by atoms with Gasteiger partial charge in [0.15, 0.2) is 16.3 Å². The Bertz CT molecular complexity index is 1930. The van der Waals surface area contributed by atoms with Gasteiger partial charge in [-0.25, -0.2) is 9.79 Å². The Morgan fingerprint density at radius 3 is 2.55 bits per heavy atom. The molecule has 216 valence electrons. The molecule has 1 aliphatic rings. The first kappa shape index (κ1) is 28.6. The van der Waals surface area contributed by atoms with E-state index in [2.05, 4.69) is 4.99 Å². The Kier molecular flexibility index (Phi) is 7.81. The summed E-state index contributed by atoms with van der Waals surface area (Å²) in [5.74, 6) is 1.30. The Morgan fingerprint density at radius 2 is 1.88 bits per heavy atom. The molecular weight excluding hydrogens is 562 g/mol. The van der Waals surface area contributed by atoms with Gasteiger partial charge in [-0.05, 0) is 62.2 Å². The molecule has 0 spiro atoms. The van der Waals surface area contributed by atoms with Gasteiger partial charge in [-0.3, -0.25) is 19.5 Å². The maximum Gasteiger partial charge on any atom is 0.338 e. The van der Waals surface area contributed by atoms with Crippen molar-refractivity contribution >= 4 is 29.1 Å². The van der Waals surface area contributed by atoms with Crippen LogP contribution >= 0.6 is 11.3 Å². The molecule has 0 saturated carbocycles. The summed E-state index contributed by atoms with van der Waals surface area (Å²) in [6.07, 6.45) is 1.61. The van der Waals surface area contributed by atoms with Gasteiger partial charge in [-0.15, -0.1) is 0 Å². The molecule has 3 heterocycles. The van der Waals surface area contributed by atoms with Gasteiger partial charge in [-0.1, -0.05) is 17.4 Å². The number of non-ortho nitro benzene ring substituents is 1. The lowest BCUT2D eigenvalue weighted by Gasteiger charge is -2.25. The lowest BCUT2D eigenvalue weighted by molar-refractivity contribution is -0.384. The third-order valence-corrected chi connectivity index (χ3v) is 7.81. The fourth-order valence-corrected chi connectivity index (χ4v) is 5.90. The topological polar surface area (TPSA) is 135 Å². The summed E-state index contributed by atoms with van der Waals surface area (Å²) in [7, 11) is 3.04. The fourth-order valence-electron chi connectivity index (χ4n) is 4.87. The maximum atomic E-state index is 13.9. The molecule has 5 rings (SSSR count). The first-order chi connectivity index (χ1) is 20.2. The van der Waals surface area contributed by atoms with Gasteiger partial charge in [0.05, 0.1) is 47.6 Å². The number of fused-ring (bicyclic) bond motifs is 1. The Morgan fingerprint density at radius 1 is 1.12 bits per heavy atom. The number of carbonyl (C=O) groups is 1. The molecule has 1 aliphatic heterocycles. The fraction of sp³-hybridized carbons (Fsp3) is 0.233. The highest BCUT2D eigenvalue weighted by molar-refractivity contribution is 7.07. The van der Waals surface area contributed by atoms with E-state index >= 15 is 0 Å². The molecule has 4 aromatic rings. The van der Waals surface area contributed by atoms with Gasteiger partial charge in [0.1, 0.15) is 11.5 Å². The number of thiazole rings is 1. The quantitative estimate of drug-likeness (QED) is 0.169. The summed E-state index contributed by atoms with van der Waals surface area (Å²) in [6.45, 7) is 5.35. The van der Waals surface area contributed by atoms with Crippen LogP contribution in [0.1, 0.15) is 36.8 Å². The number of benzene rings is 2. The molecule has 12 heteroatoms. The van der Waals surface area contributed by atoms with E-state index in [4.69, 9.17) is 18.6 Å². The van der Waals surface area contributed by atoms with Crippen LogP contribution in [0.4, 0.5) is 5.69 Å². The van der Waals surface area contributed by atoms with Crippen LogP contribution in [-0.4, -0.2) is 36.3 Å². The Balaban J connectivity index is 1.63. The number of carbonyl (C=O) groups excluding carboxylic acids is 1. The van der Waals surface area contributed by atoms with E-state index in [9.17, 15) is 19.7 Å². The number of ether oxygens (including phenoxy) is 3. The summed E-state index contributed by atoms with van der Waals surface area (Å²) in [6, 6.07) is 12.4. The number of hydrogen-bond acceptors (Lipinski definition) is 10. The van der Waals surface area contributed by atoms with Crippen LogP contribution in [0.15, 0.2) is 74.0 Å². The van der Waals surface area contributed by atoms with Gasteiger partial charge in [0.25, 0.3) is 11.2 Å². The number of aromatic nitrogens is 1. The van der Waals surface area contributed by atoms with Crippen molar-refractivity contribution in [1.82, 2.24) is 4.57 Å². The number of nitro groups is 1. The van der Waals surface area contributed by atoms with E-state index in [1.54, 1.807) is 63.2 Å². The predicted octanol–water partition coefficient (Wildman–Crippen LogP) is 4.29. The predicted molar refractivity (Wildman–Crippen MR) is 155 cm³/mol. The Labute approximate surface area is 243 Å². The highest BCUT2D eigenvalue weighted by Gasteiger charge is 2.34. The monoisotopic (exact) mass is 589 g/mol. The average molecular weight is 590 g/mol. The molecule has 2 aromatic heterocycles. The Hall–Kier alpha value is -4.97. The molecule has 0 amide bonds. The van der Waals surface area contributed by atoms with Crippen molar-refractivity contribution in [3.05, 3.63) is 106 Å². The first-order valence-electron chi connectivity index (χ1n) is 12.9. The van der Waals surface area contributed by atoms with Crippen molar-refractivity contribution in [3.63, 3.8) is 0 Å². The number of furan rings is 1. The molecule has 0 saturated heterocycles.